The third-order valence-electron chi connectivity index (χ3n) is 2.57. The number of carboxylic acids is 1. The molecule has 1 aromatic rings. The molecule has 0 radical (unpaired) electrons. The molecule has 0 aliphatic carbocycles. The number of hydrogen-bond acceptors (Lipinski definition) is 5. The minimum Gasteiger partial charge on any atom is -0.488 e. The van der Waals surface area contributed by atoms with Crippen molar-refractivity contribution < 1.29 is 27.8 Å². The Hall–Kier alpha value is -1.06. The normalized spacial score (nSPS) is 11.7. The van der Waals surface area contributed by atoms with E-state index in [-0.39, 0.29) is 27.3 Å². The Bertz CT molecular complexity index is 626. The molecule has 0 aliphatic heterocycles. The molecular weight excluding hydrogens is 357 g/mol. The van der Waals surface area contributed by atoms with Crippen molar-refractivity contribution >= 4 is 39.2 Å². The molecule has 0 aromatic heterocycles. The van der Waals surface area contributed by atoms with Crippen molar-refractivity contribution in [3.8, 4) is 5.75 Å². The number of rotatable bonds is 8. The van der Waals surface area contributed by atoms with E-state index in [1.54, 1.807) is 0 Å². The zero-order valence-corrected chi connectivity index (χ0v) is 14.2. The maximum absolute atomic E-state index is 12.2. The number of carboxylic acid groups (broad SMARTS) is 1. The summed E-state index contributed by atoms with van der Waals surface area (Å²) in [6, 6.07) is 2.31. The van der Waals surface area contributed by atoms with Crippen molar-refractivity contribution in [3.63, 3.8) is 0 Å². The number of aliphatic carboxylic acids is 1. The molecular formula is C12H15Cl2NO6S. The number of halogens is 2. The predicted molar refractivity (Wildman–Crippen MR) is 81.3 cm³/mol. The molecule has 0 unspecified atom stereocenters. The molecule has 0 fully saturated rings. The third kappa shape index (κ3) is 4.72. The van der Waals surface area contributed by atoms with Gasteiger partial charge in [0, 0.05) is 14.2 Å². The van der Waals surface area contributed by atoms with Gasteiger partial charge in [0.1, 0.15) is 13.2 Å². The van der Waals surface area contributed by atoms with E-state index >= 15 is 0 Å². The van der Waals surface area contributed by atoms with Crippen LogP contribution >= 0.6 is 23.2 Å². The Balaban J connectivity index is 3.10. The summed E-state index contributed by atoms with van der Waals surface area (Å²) in [5, 5.41) is 8.69. The first-order valence-electron chi connectivity index (χ1n) is 5.99. The van der Waals surface area contributed by atoms with Gasteiger partial charge in [0.05, 0.1) is 21.5 Å². The first kappa shape index (κ1) is 19.0. The summed E-state index contributed by atoms with van der Waals surface area (Å²) in [7, 11) is -1.37. The highest BCUT2D eigenvalue weighted by molar-refractivity contribution is 7.89. The summed E-state index contributed by atoms with van der Waals surface area (Å²) < 4.78 is 35.3. The fourth-order valence-electron chi connectivity index (χ4n) is 1.51. The van der Waals surface area contributed by atoms with Gasteiger partial charge in [0.25, 0.3) is 0 Å². The Morgan fingerprint density at radius 3 is 2.27 bits per heavy atom. The van der Waals surface area contributed by atoms with Crippen LogP contribution in [0.25, 0.3) is 0 Å². The molecule has 10 heteroatoms. The number of carbonyl (C=O) groups is 1. The Labute approximate surface area is 138 Å². The summed E-state index contributed by atoms with van der Waals surface area (Å²) in [5.74, 6) is -1.14. The number of likely N-dealkylation sites (N-methyl/N-ethyl adjacent to an activating group) is 1. The lowest BCUT2D eigenvalue weighted by atomic mass is 10.3. The SMILES string of the molecule is COCCOc1c(Cl)cc(S(=O)(=O)N(C)CC(=O)O)cc1Cl. The van der Waals surface area contributed by atoms with Crippen LogP contribution in [0.2, 0.25) is 10.0 Å². The van der Waals surface area contributed by atoms with E-state index in [0.29, 0.717) is 10.9 Å². The van der Waals surface area contributed by atoms with Crippen molar-refractivity contribution in [2.24, 2.45) is 0 Å². The highest BCUT2D eigenvalue weighted by Crippen LogP contribution is 2.36. The van der Waals surface area contributed by atoms with Crippen LogP contribution in [0.3, 0.4) is 0 Å². The minimum absolute atomic E-state index is 0.00547. The van der Waals surface area contributed by atoms with Crippen LogP contribution in [0.5, 0.6) is 5.75 Å². The van der Waals surface area contributed by atoms with Crippen molar-refractivity contribution in [1.29, 1.82) is 0 Å². The largest absolute Gasteiger partial charge is 0.488 e. The molecule has 1 rings (SSSR count). The first-order chi connectivity index (χ1) is 10.2. The van der Waals surface area contributed by atoms with E-state index in [1.165, 1.54) is 7.11 Å². The van der Waals surface area contributed by atoms with Gasteiger partial charge in [0.15, 0.2) is 5.75 Å². The number of nitrogens with zero attached hydrogens (tertiary/aromatic N) is 1. The van der Waals surface area contributed by atoms with Crippen LogP contribution in [-0.4, -0.2) is 57.7 Å². The lowest BCUT2D eigenvalue weighted by Gasteiger charge is -2.17. The highest BCUT2D eigenvalue weighted by atomic mass is 35.5. The quantitative estimate of drug-likeness (QED) is 0.699. The van der Waals surface area contributed by atoms with E-state index in [2.05, 4.69) is 0 Å². The molecule has 1 aromatic carbocycles. The maximum Gasteiger partial charge on any atom is 0.318 e. The second-order valence-corrected chi connectivity index (χ2v) is 7.07. The monoisotopic (exact) mass is 371 g/mol. The zero-order chi connectivity index (χ0) is 16.9. The number of ether oxygens (including phenoxy) is 2. The molecule has 0 saturated heterocycles. The average molecular weight is 372 g/mol. The molecule has 0 atom stereocenters. The molecule has 0 heterocycles. The lowest BCUT2D eigenvalue weighted by molar-refractivity contribution is -0.137. The van der Waals surface area contributed by atoms with Crippen LogP contribution in [0.15, 0.2) is 17.0 Å². The Morgan fingerprint density at radius 1 is 1.27 bits per heavy atom. The fraction of sp³-hybridized carbons (Fsp3) is 0.417. The minimum atomic E-state index is -4.02. The van der Waals surface area contributed by atoms with Gasteiger partial charge in [-0.2, -0.15) is 4.31 Å². The van der Waals surface area contributed by atoms with E-state index < -0.39 is 22.5 Å². The molecule has 0 saturated carbocycles. The van der Waals surface area contributed by atoms with Gasteiger partial charge in [-0.3, -0.25) is 4.79 Å². The van der Waals surface area contributed by atoms with Gasteiger partial charge in [-0.05, 0) is 12.1 Å². The molecule has 1 N–H and O–H groups in total. The van der Waals surface area contributed by atoms with Gasteiger partial charge in [-0.15, -0.1) is 0 Å². The second-order valence-electron chi connectivity index (χ2n) is 4.21. The van der Waals surface area contributed by atoms with E-state index in [1.807, 2.05) is 0 Å². The zero-order valence-electron chi connectivity index (χ0n) is 11.9. The standard InChI is InChI=1S/C12H15Cl2NO6S/c1-15(7-11(16)17)22(18,19)8-5-9(13)12(10(14)6-8)21-4-3-20-2/h5-6H,3-4,7H2,1-2H3,(H,16,17). The molecule has 22 heavy (non-hydrogen) atoms. The van der Waals surface area contributed by atoms with Crippen LogP contribution in [-0.2, 0) is 19.6 Å². The summed E-state index contributed by atoms with van der Waals surface area (Å²) in [6.07, 6.45) is 0. The summed E-state index contributed by atoms with van der Waals surface area (Å²) in [4.78, 5) is 10.4. The third-order valence-corrected chi connectivity index (χ3v) is 4.91. The van der Waals surface area contributed by atoms with Gasteiger partial charge in [0.2, 0.25) is 10.0 Å². The van der Waals surface area contributed by atoms with Crippen LogP contribution in [0, 0.1) is 0 Å². The summed E-state index contributed by atoms with van der Waals surface area (Å²) >= 11 is 12.0. The van der Waals surface area contributed by atoms with Crippen molar-refractivity contribution in [2.45, 2.75) is 4.90 Å². The van der Waals surface area contributed by atoms with E-state index in [4.69, 9.17) is 37.8 Å². The molecule has 0 aliphatic rings. The molecule has 0 bridgehead atoms. The Morgan fingerprint density at radius 2 is 1.82 bits per heavy atom. The predicted octanol–water partition coefficient (Wildman–Crippen LogP) is 1.72. The number of methoxy groups -OCH3 is 1. The smallest absolute Gasteiger partial charge is 0.318 e. The summed E-state index contributed by atoms with van der Waals surface area (Å²) in [5.41, 5.74) is 0. The number of sulfonamides is 1. The van der Waals surface area contributed by atoms with Gasteiger partial charge in [-0.25, -0.2) is 8.42 Å². The van der Waals surface area contributed by atoms with Crippen molar-refractivity contribution in [3.05, 3.63) is 22.2 Å². The highest BCUT2D eigenvalue weighted by Gasteiger charge is 2.25. The topological polar surface area (TPSA) is 93.1 Å². The molecule has 124 valence electrons. The number of hydrogen-bond donors (Lipinski definition) is 1. The Kier molecular flexibility index (Phi) is 6.89. The second kappa shape index (κ2) is 7.98. The van der Waals surface area contributed by atoms with E-state index in [0.717, 1.165) is 19.2 Å². The van der Waals surface area contributed by atoms with E-state index in [9.17, 15) is 13.2 Å². The maximum atomic E-state index is 12.2. The van der Waals surface area contributed by atoms with Gasteiger partial charge < -0.3 is 14.6 Å². The van der Waals surface area contributed by atoms with Crippen LogP contribution < -0.4 is 4.74 Å². The fourth-order valence-corrected chi connectivity index (χ4v) is 3.41. The molecule has 7 nitrogen and oxygen atoms in total. The number of benzene rings is 1. The van der Waals surface area contributed by atoms with Gasteiger partial charge in [-0.1, -0.05) is 23.2 Å². The molecule has 0 amide bonds. The molecule has 0 spiro atoms. The first-order valence-corrected chi connectivity index (χ1v) is 8.18. The average Bonchev–Trinajstić information content (AvgIpc) is 2.40. The van der Waals surface area contributed by atoms with Crippen molar-refractivity contribution in [2.75, 3.05) is 33.9 Å². The van der Waals surface area contributed by atoms with Crippen LogP contribution in [0.4, 0.5) is 0 Å². The summed E-state index contributed by atoms with van der Waals surface area (Å²) in [6.45, 7) is -0.168. The van der Waals surface area contributed by atoms with Crippen molar-refractivity contribution in [1.82, 2.24) is 4.31 Å². The van der Waals surface area contributed by atoms with Gasteiger partial charge >= 0.3 is 5.97 Å². The lowest BCUT2D eigenvalue weighted by Crippen LogP contribution is -2.32. The van der Waals surface area contributed by atoms with Crippen LogP contribution in [0.1, 0.15) is 0 Å².